The zero-order valence-corrected chi connectivity index (χ0v) is 15.0. The van der Waals surface area contributed by atoms with Gasteiger partial charge in [-0.25, -0.2) is 19.3 Å². The molecule has 0 saturated carbocycles. The average molecular weight is 378 g/mol. The molecule has 2 aromatic heterocycles. The van der Waals surface area contributed by atoms with Gasteiger partial charge in [-0.3, -0.25) is 0 Å². The molecule has 4 rings (SSSR count). The lowest BCUT2D eigenvalue weighted by Crippen LogP contribution is -1.99. The smallest absolute Gasteiger partial charge is 0.227 e. The van der Waals surface area contributed by atoms with E-state index in [4.69, 9.17) is 4.74 Å². The first-order chi connectivity index (χ1) is 13.3. The molecule has 0 atom stereocenters. The molecule has 0 amide bonds. The zero-order chi connectivity index (χ0) is 18.5. The largest absolute Gasteiger partial charge is 0.489 e. The Morgan fingerprint density at radius 1 is 1.00 bits per heavy atom. The summed E-state index contributed by atoms with van der Waals surface area (Å²) in [4.78, 5) is 13.0. The molecule has 0 spiro atoms. The number of thiazole rings is 1. The van der Waals surface area contributed by atoms with Crippen molar-refractivity contribution in [3.05, 3.63) is 83.8 Å². The predicted molar refractivity (Wildman–Crippen MR) is 104 cm³/mol. The van der Waals surface area contributed by atoms with Crippen molar-refractivity contribution < 1.29 is 9.13 Å². The standard InChI is InChI=1S/C20H15FN4OS/c21-15-4-1-3-14(11-15)13-26-17-6-2-5-16(12-17)24-20-23-8-7-18(25-20)19-22-9-10-27-19/h1-12H,13H2,(H,23,24,25). The van der Waals surface area contributed by atoms with Gasteiger partial charge in [0, 0.05) is 29.5 Å². The quantitative estimate of drug-likeness (QED) is 0.508. The van der Waals surface area contributed by atoms with E-state index in [0.717, 1.165) is 22.0 Å². The van der Waals surface area contributed by atoms with Gasteiger partial charge >= 0.3 is 0 Å². The minimum atomic E-state index is -0.274. The van der Waals surface area contributed by atoms with Crippen LogP contribution in [0, 0.1) is 5.82 Å². The second-order valence-electron chi connectivity index (χ2n) is 5.67. The van der Waals surface area contributed by atoms with Crippen LogP contribution >= 0.6 is 11.3 Å². The minimum absolute atomic E-state index is 0.274. The van der Waals surface area contributed by atoms with Crippen LogP contribution in [0.1, 0.15) is 5.56 Å². The van der Waals surface area contributed by atoms with Gasteiger partial charge in [0.1, 0.15) is 28.9 Å². The Balaban J connectivity index is 1.46. The van der Waals surface area contributed by atoms with Crippen LogP contribution in [0.3, 0.4) is 0 Å². The fourth-order valence-corrected chi connectivity index (χ4v) is 3.08. The van der Waals surface area contributed by atoms with Gasteiger partial charge in [0.15, 0.2) is 0 Å². The molecule has 5 nitrogen and oxygen atoms in total. The topological polar surface area (TPSA) is 59.9 Å². The average Bonchev–Trinajstić information content (AvgIpc) is 3.22. The van der Waals surface area contributed by atoms with Gasteiger partial charge in [-0.05, 0) is 35.9 Å². The van der Waals surface area contributed by atoms with Gasteiger partial charge in [0.05, 0.1) is 0 Å². The molecule has 0 radical (unpaired) electrons. The third-order valence-corrected chi connectivity index (χ3v) is 4.49. The predicted octanol–water partition coefficient (Wildman–Crippen LogP) is 5.06. The van der Waals surface area contributed by atoms with Crippen molar-refractivity contribution >= 4 is 23.0 Å². The lowest BCUT2D eigenvalue weighted by Gasteiger charge is -2.09. The first kappa shape index (κ1) is 17.1. The molecular formula is C20H15FN4OS. The summed E-state index contributed by atoms with van der Waals surface area (Å²) in [5.41, 5.74) is 2.33. The molecule has 0 bridgehead atoms. The van der Waals surface area contributed by atoms with Crippen LogP contribution in [0.25, 0.3) is 10.7 Å². The summed E-state index contributed by atoms with van der Waals surface area (Å²) in [6.07, 6.45) is 3.44. The number of nitrogens with zero attached hydrogens (tertiary/aromatic N) is 3. The van der Waals surface area contributed by atoms with Crippen molar-refractivity contribution in [1.29, 1.82) is 0 Å². The Morgan fingerprint density at radius 3 is 2.78 bits per heavy atom. The number of benzene rings is 2. The number of ether oxygens (including phenoxy) is 1. The lowest BCUT2D eigenvalue weighted by atomic mass is 10.2. The maximum Gasteiger partial charge on any atom is 0.227 e. The van der Waals surface area contributed by atoms with Crippen molar-refractivity contribution in [2.24, 2.45) is 0 Å². The monoisotopic (exact) mass is 378 g/mol. The molecule has 0 saturated heterocycles. The van der Waals surface area contributed by atoms with E-state index < -0.39 is 0 Å². The molecule has 4 aromatic rings. The summed E-state index contributed by atoms with van der Waals surface area (Å²) < 4.78 is 19.0. The molecule has 0 unspecified atom stereocenters. The number of hydrogen-bond acceptors (Lipinski definition) is 6. The highest BCUT2D eigenvalue weighted by Gasteiger charge is 2.06. The summed E-state index contributed by atoms with van der Waals surface area (Å²) in [6, 6.07) is 15.6. The molecule has 0 aliphatic heterocycles. The molecule has 1 N–H and O–H groups in total. The normalized spacial score (nSPS) is 10.6. The Hall–Kier alpha value is -3.32. The van der Waals surface area contributed by atoms with Crippen molar-refractivity contribution in [2.45, 2.75) is 6.61 Å². The minimum Gasteiger partial charge on any atom is -0.489 e. The van der Waals surface area contributed by atoms with Gasteiger partial charge < -0.3 is 10.1 Å². The Kier molecular flexibility index (Phi) is 5.02. The lowest BCUT2D eigenvalue weighted by molar-refractivity contribution is 0.306. The molecular weight excluding hydrogens is 363 g/mol. The number of hydrogen-bond donors (Lipinski definition) is 1. The number of anilines is 2. The molecule has 0 aliphatic carbocycles. The Bertz CT molecular complexity index is 1040. The van der Waals surface area contributed by atoms with Crippen LogP contribution in [0.5, 0.6) is 5.75 Å². The maximum atomic E-state index is 13.3. The van der Waals surface area contributed by atoms with Crippen LogP contribution in [0.2, 0.25) is 0 Å². The van der Waals surface area contributed by atoms with E-state index in [1.165, 1.54) is 23.5 Å². The summed E-state index contributed by atoms with van der Waals surface area (Å²) >= 11 is 1.52. The zero-order valence-electron chi connectivity index (χ0n) is 14.2. The highest BCUT2D eigenvalue weighted by Crippen LogP contribution is 2.23. The molecule has 27 heavy (non-hydrogen) atoms. The highest BCUT2D eigenvalue weighted by atomic mass is 32.1. The molecule has 0 aliphatic rings. The van der Waals surface area contributed by atoms with Crippen LogP contribution < -0.4 is 10.1 Å². The number of nitrogens with one attached hydrogen (secondary N) is 1. The highest BCUT2D eigenvalue weighted by molar-refractivity contribution is 7.13. The van der Waals surface area contributed by atoms with E-state index in [1.807, 2.05) is 41.8 Å². The number of aromatic nitrogens is 3. The van der Waals surface area contributed by atoms with E-state index in [9.17, 15) is 4.39 Å². The van der Waals surface area contributed by atoms with Crippen molar-refractivity contribution in [3.63, 3.8) is 0 Å². The van der Waals surface area contributed by atoms with Crippen LogP contribution in [0.15, 0.2) is 72.4 Å². The van der Waals surface area contributed by atoms with Crippen LogP contribution in [0.4, 0.5) is 16.0 Å². The second-order valence-corrected chi connectivity index (χ2v) is 6.57. The molecule has 2 heterocycles. The fraction of sp³-hybridized carbons (Fsp3) is 0.0500. The molecule has 134 valence electrons. The Morgan fingerprint density at radius 2 is 1.93 bits per heavy atom. The van der Waals surface area contributed by atoms with E-state index >= 15 is 0 Å². The summed E-state index contributed by atoms with van der Waals surface area (Å²) in [5.74, 6) is 0.870. The van der Waals surface area contributed by atoms with Crippen LogP contribution in [-0.4, -0.2) is 15.0 Å². The number of rotatable bonds is 6. The maximum absolute atomic E-state index is 13.3. The number of halogens is 1. The van der Waals surface area contributed by atoms with E-state index in [2.05, 4.69) is 20.3 Å². The van der Waals surface area contributed by atoms with E-state index in [-0.39, 0.29) is 12.4 Å². The van der Waals surface area contributed by atoms with E-state index in [0.29, 0.717) is 11.7 Å². The molecule has 2 aromatic carbocycles. The van der Waals surface area contributed by atoms with Gasteiger partial charge in [0.2, 0.25) is 5.95 Å². The van der Waals surface area contributed by atoms with Crippen LogP contribution in [-0.2, 0) is 6.61 Å². The summed E-state index contributed by atoms with van der Waals surface area (Å²) in [6.45, 7) is 0.289. The van der Waals surface area contributed by atoms with Gasteiger partial charge in [-0.2, -0.15) is 0 Å². The van der Waals surface area contributed by atoms with Gasteiger partial charge in [-0.15, -0.1) is 11.3 Å². The van der Waals surface area contributed by atoms with Crippen molar-refractivity contribution in [2.75, 3.05) is 5.32 Å². The van der Waals surface area contributed by atoms with E-state index in [1.54, 1.807) is 18.5 Å². The Labute approximate surface area is 159 Å². The first-order valence-electron chi connectivity index (χ1n) is 8.23. The first-order valence-corrected chi connectivity index (χ1v) is 9.11. The molecule has 0 fully saturated rings. The van der Waals surface area contributed by atoms with Gasteiger partial charge in [0.25, 0.3) is 0 Å². The van der Waals surface area contributed by atoms with Crippen molar-refractivity contribution in [3.8, 4) is 16.5 Å². The summed E-state index contributed by atoms with van der Waals surface area (Å²) in [7, 11) is 0. The third kappa shape index (κ3) is 4.45. The fourth-order valence-electron chi connectivity index (χ4n) is 2.47. The molecule has 7 heteroatoms. The summed E-state index contributed by atoms with van der Waals surface area (Å²) in [5, 5.41) is 5.92. The van der Waals surface area contributed by atoms with Crippen molar-refractivity contribution in [1.82, 2.24) is 15.0 Å². The van der Waals surface area contributed by atoms with Gasteiger partial charge in [-0.1, -0.05) is 18.2 Å². The second kappa shape index (κ2) is 7.92. The third-order valence-electron chi connectivity index (χ3n) is 3.69. The SMILES string of the molecule is Fc1cccc(COc2cccc(Nc3nccc(-c4nccs4)n3)c2)c1.